The smallest absolute Gasteiger partial charge is 0.00208 e. The Kier molecular flexibility index (Phi) is 2.79. The van der Waals surface area contributed by atoms with Crippen LogP contribution in [0.3, 0.4) is 0 Å². The van der Waals surface area contributed by atoms with Crippen molar-refractivity contribution in [2.75, 3.05) is 0 Å². The lowest BCUT2D eigenvalue weighted by atomic mass is 10.3. The second-order valence-electron chi connectivity index (χ2n) is 1.21. The highest BCUT2D eigenvalue weighted by atomic mass is 13.7. The van der Waals surface area contributed by atoms with E-state index in [0.717, 1.165) is 5.57 Å². The molecule has 0 unspecified atom stereocenters. The molecule has 0 saturated heterocycles. The van der Waals surface area contributed by atoms with Gasteiger partial charge in [0.15, 0.2) is 0 Å². The van der Waals surface area contributed by atoms with Crippen LogP contribution in [0.2, 0.25) is 0 Å². The van der Waals surface area contributed by atoms with Crippen molar-refractivity contribution in [3.8, 4) is 0 Å². The molecule has 36 valence electrons. The third-order valence-electron chi connectivity index (χ3n) is 0.597. The minimum absolute atomic E-state index is 0.968. The summed E-state index contributed by atoms with van der Waals surface area (Å²) >= 11 is 0. The van der Waals surface area contributed by atoms with E-state index in [0.29, 0.717) is 0 Å². The zero-order valence-electron chi connectivity index (χ0n) is 4.49. The Morgan fingerprint density at radius 2 is 2.14 bits per heavy atom. The standard InChI is InChI=1S/C7H8/c1-4-6-7(3)5-2/h6H,1-2H2,3H3. The van der Waals surface area contributed by atoms with Gasteiger partial charge in [0.25, 0.3) is 0 Å². The molecule has 7 heavy (non-hydrogen) atoms. The first-order chi connectivity index (χ1) is 3.31. The average Bonchev–Trinajstić information content (AvgIpc) is 1.68. The minimum Gasteiger partial charge on any atom is -0.128 e. The van der Waals surface area contributed by atoms with Crippen LogP contribution in [0.1, 0.15) is 6.92 Å². The van der Waals surface area contributed by atoms with Gasteiger partial charge in [-0.05, 0) is 18.6 Å². The van der Waals surface area contributed by atoms with Gasteiger partial charge in [-0.2, -0.15) is 0 Å². The number of allylic oxidation sites excluding steroid dienone is 2. The number of hydrogen-bond acceptors (Lipinski definition) is 0. The number of hydrogen-bond donors (Lipinski definition) is 0. The molecule has 0 atom stereocenters. The Balaban J connectivity index is 4.10. The van der Waals surface area contributed by atoms with Gasteiger partial charge in [-0.15, -0.1) is 11.5 Å². The van der Waals surface area contributed by atoms with Crippen molar-refractivity contribution in [3.63, 3.8) is 0 Å². The predicted molar refractivity (Wildman–Crippen MR) is 32.0 cm³/mol. The maximum absolute atomic E-state index is 3.42. The molecule has 0 fully saturated rings. The second kappa shape index (κ2) is 3.24. The Morgan fingerprint density at radius 3 is 2.29 bits per heavy atom. The monoisotopic (exact) mass is 92.1 g/mol. The first-order valence-electron chi connectivity index (χ1n) is 2.03. The van der Waals surface area contributed by atoms with Crippen LogP contribution in [0.5, 0.6) is 0 Å². The van der Waals surface area contributed by atoms with Gasteiger partial charge in [-0.3, -0.25) is 0 Å². The Bertz CT molecular complexity index is 139. The first kappa shape index (κ1) is 6.04. The lowest BCUT2D eigenvalue weighted by molar-refractivity contribution is 1.56. The fourth-order valence-corrected chi connectivity index (χ4v) is 0.204. The topological polar surface area (TPSA) is 0 Å². The van der Waals surface area contributed by atoms with E-state index >= 15 is 0 Å². The van der Waals surface area contributed by atoms with Gasteiger partial charge < -0.3 is 0 Å². The summed E-state index contributed by atoms with van der Waals surface area (Å²) in [6.45, 7) is 8.69. The normalized spacial score (nSPS) is 5.86. The molecule has 0 saturated carbocycles. The molecule has 0 aromatic heterocycles. The summed E-state index contributed by atoms with van der Waals surface area (Å²) in [7, 11) is 0. The molecular formula is C7H8. The molecule has 0 N–H and O–H groups in total. The molecule has 0 amide bonds. The van der Waals surface area contributed by atoms with Crippen LogP contribution in [0.4, 0.5) is 0 Å². The summed E-state index contributed by atoms with van der Waals surface area (Å²) in [5, 5.41) is 0. The van der Waals surface area contributed by atoms with Crippen LogP contribution in [0.25, 0.3) is 0 Å². The van der Waals surface area contributed by atoms with Gasteiger partial charge >= 0.3 is 0 Å². The summed E-state index contributed by atoms with van der Waals surface area (Å²) in [6.07, 6.45) is 1.73. The van der Waals surface area contributed by atoms with Crippen molar-refractivity contribution >= 4 is 0 Å². The van der Waals surface area contributed by atoms with Crippen molar-refractivity contribution in [1.29, 1.82) is 0 Å². The molecule has 0 heterocycles. The van der Waals surface area contributed by atoms with Crippen molar-refractivity contribution in [1.82, 2.24) is 0 Å². The Labute approximate surface area is 44.2 Å². The van der Waals surface area contributed by atoms with Crippen molar-refractivity contribution in [3.05, 3.63) is 36.3 Å². The van der Waals surface area contributed by atoms with E-state index in [1.165, 1.54) is 0 Å². The highest BCUT2D eigenvalue weighted by molar-refractivity contribution is 5.11. The summed E-state index contributed by atoms with van der Waals surface area (Å²) in [5.41, 5.74) is 6.25. The quantitative estimate of drug-likeness (QED) is 0.343. The fourth-order valence-electron chi connectivity index (χ4n) is 0.204. The molecule has 0 aromatic carbocycles. The third-order valence-corrected chi connectivity index (χ3v) is 0.597. The fraction of sp³-hybridized carbons (Fsp3) is 0.143. The van der Waals surface area contributed by atoms with Gasteiger partial charge in [0.05, 0.1) is 0 Å². The van der Waals surface area contributed by atoms with Gasteiger partial charge in [-0.1, -0.05) is 13.2 Å². The second-order valence-corrected chi connectivity index (χ2v) is 1.21. The predicted octanol–water partition coefficient (Wildman–Crippen LogP) is 2.06. The van der Waals surface area contributed by atoms with E-state index in [4.69, 9.17) is 0 Å². The van der Waals surface area contributed by atoms with Gasteiger partial charge in [-0.25, -0.2) is 0 Å². The van der Waals surface area contributed by atoms with Crippen LogP contribution in [-0.4, -0.2) is 0 Å². The van der Waals surface area contributed by atoms with Gasteiger partial charge in [0.1, 0.15) is 0 Å². The third kappa shape index (κ3) is 2.85. The maximum atomic E-state index is 3.42. The minimum atomic E-state index is 0.968. The van der Waals surface area contributed by atoms with Gasteiger partial charge in [0.2, 0.25) is 0 Å². The molecule has 0 rings (SSSR count). The average molecular weight is 92.1 g/mol. The molecular weight excluding hydrogens is 84.1 g/mol. The molecule has 0 spiro atoms. The van der Waals surface area contributed by atoms with Crippen LogP contribution in [0, 0.1) is 0 Å². The molecule has 0 aromatic rings. The van der Waals surface area contributed by atoms with Crippen LogP contribution >= 0.6 is 0 Å². The van der Waals surface area contributed by atoms with E-state index < -0.39 is 0 Å². The van der Waals surface area contributed by atoms with E-state index in [2.05, 4.69) is 24.6 Å². The Morgan fingerprint density at radius 1 is 1.57 bits per heavy atom. The lowest BCUT2D eigenvalue weighted by Crippen LogP contribution is -1.54. The van der Waals surface area contributed by atoms with E-state index in [1.807, 2.05) is 6.92 Å². The summed E-state index contributed by atoms with van der Waals surface area (Å²) in [6, 6.07) is 0. The molecule has 0 bridgehead atoms. The van der Waals surface area contributed by atoms with Crippen LogP contribution in [-0.2, 0) is 0 Å². The Hall–Kier alpha value is -0.960. The van der Waals surface area contributed by atoms with Crippen molar-refractivity contribution in [2.24, 2.45) is 0 Å². The largest absolute Gasteiger partial charge is 0.128 e. The first-order valence-corrected chi connectivity index (χ1v) is 2.03. The highest BCUT2D eigenvalue weighted by Gasteiger charge is 1.67. The number of rotatable bonds is 1. The molecule has 0 aliphatic heterocycles. The van der Waals surface area contributed by atoms with Crippen LogP contribution in [0.15, 0.2) is 36.3 Å². The summed E-state index contributed by atoms with van der Waals surface area (Å²) < 4.78 is 0. The van der Waals surface area contributed by atoms with E-state index in [-0.39, 0.29) is 0 Å². The molecule has 0 nitrogen and oxygen atoms in total. The van der Waals surface area contributed by atoms with Gasteiger partial charge in [0, 0.05) is 0 Å². The zero-order valence-corrected chi connectivity index (χ0v) is 4.49. The van der Waals surface area contributed by atoms with E-state index in [1.54, 1.807) is 6.08 Å². The van der Waals surface area contributed by atoms with E-state index in [9.17, 15) is 0 Å². The summed E-state index contributed by atoms with van der Waals surface area (Å²) in [5.74, 6) is 0. The van der Waals surface area contributed by atoms with Crippen molar-refractivity contribution in [2.45, 2.75) is 6.92 Å². The maximum Gasteiger partial charge on any atom is -0.00208 e. The zero-order chi connectivity index (χ0) is 5.70. The molecule has 0 aliphatic carbocycles. The molecule has 0 radical (unpaired) electrons. The van der Waals surface area contributed by atoms with Crippen LogP contribution < -0.4 is 0 Å². The molecule has 0 aliphatic rings. The SMILES string of the molecule is C=C=CC(C)=C=C. The molecule has 0 heteroatoms. The lowest BCUT2D eigenvalue weighted by Gasteiger charge is -1.73. The van der Waals surface area contributed by atoms with Crippen molar-refractivity contribution < 1.29 is 0 Å². The summed E-state index contributed by atoms with van der Waals surface area (Å²) in [4.78, 5) is 0. The highest BCUT2D eigenvalue weighted by Crippen LogP contribution is 1.85.